The van der Waals surface area contributed by atoms with Crippen LogP contribution in [-0.2, 0) is 14.5 Å². The van der Waals surface area contributed by atoms with E-state index in [9.17, 15) is 4.79 Å². The number of nitrogens with two attached hydrogens (primary N) is 1. The van der Waals surface area contributed by atoms with Crippen molar-refractivity contribution in [2.24, 2.45) is 16.0 Å². The molecular weight excluding hydrogens is 264 g/mol. The Morgan fingerprint density at radius 1 is 1.25 bits per heavy atom. The number of aromatic nitrogens is 3. The van der Waals surface area contributed by atoms with E-state index in [0.29, 0.717) is 13.2 Å². The molecule has 0 aliphatic heterocycles. The second kappa shape index (κ2) is 8.62. The summed E-state index contributed by atoms with van der Waals surface area (Å²) in [5.74, 6) is -0.769. The lowest BCUT2D eigenvalue weighted by Gasteiger charge is -2.06. The average Bonchev–Trinajstić information content (AvgIpc) is 2.94. The molecule has 1 aromatic heterocycles. The molecule has 2 N–H and O–H groups in total. The predicted molar refractivity (Wildman–Crippen MR) is 72.0 cm³/mol. The highest BCUT2D eigenvalue weighted by atomic mass is 16.6. The molecule has 0 atom stereocenters. The van der Waals surface area contributed by atoms with Crippen molar-refractivity contribution < 1.29 is 14.5 Å². The first-order valence-corrected chi connectivity index (χ1v) is 6.25. The predicted octanol–water partition coefficient (Wildman–Crippen LogP) is 0.134. The highest BCUT2D eigenvalue weighted by Crippen LogP contribution is 1.95. The molecule has 1 heterocycles. The van der Waals surface area contributed by atoms with E-state index in [0.717, 1.165) is 12.8 Å². The number of carbonyl (C=O) groups excluding carboxylic acids is 1. The minimum atomic E-state index is -0.796. The monoisotopic (exact) mass is 282 g/mol. The lowest BCUT2D eigenvalue weighted by atomic mass is 10.3. The maximum Gasteiger partial charge on any atom is 0.274 e. The Morgan fingerprint density at radius 3 is 2.40 bits per heavy atom. The Balaban J connectivity index is 3.02. The Labute approximate surface area is 116 Å². The van der Waals surface area contributed by atoms with Crippen LogP contribution in [0.3, 0.4) is 0 Å². The van der Waals surface area contributed by atoms with Crippen molar-refractivity contribution in [2.45, 2.75) is 26.7 Å². The third-order valence-electron chi connectivity index (χ3n) is 1.98. The normalized spacial score (nSPS) is 12.3. The second-order valence-electron chi connectivity index (χ2n) is 3.73. The van der Waals surface area contributed by atoms with Gasteiger partial charge in [-0.2, -0.15) is 9.78 Å². The maximum atomic E-state index is 11.5. The molecule has 110 valence electrons. The van der Waals surface area contributed by atoms with Crippen LogP contribution in [0.5, 0.6) is 0 Å². The molecule has 1 amide bonds. The van der Waals surface area contributed by atoms with Gasteiger partial charge in [0.2, 0.25) is 11.5 Å². The van der Waals surface area contributed by atoms with Crippen molar-refractivity contribution in [1.82, 2.24) is 14.8 Å². The van der Waals surface area contributed by atoms with Crippen molar-refractivity contribution in [2.75, 3.05) is 13.2 Å². The minimum absolute atomic E-state index is 0.0274. The van der Waals surface area contributed by atoms with Crippen LogP contribution < -0.4 is 5.73 Å². The molecule has 0 saturated carbocycles. The molecule has 0 aromatic carbocycles. The quantitative estimate of drug-likeness (QED) is 0.315. The largest absolute Gasteiger partial charge is 0.395 e. The fourth-order valence-corrected chi connectivity index (χ4v) is 1.11. The van der Waals surface area contributed by atoms with Crippen LogP contribution in [-0.4, -0.2) is 45.4 Å². The summed E-state index contributed by atoms with van der Waals surface area (Å²) in [4.78, 5) is 25.3. The lowest BCUT2D eigenvalue weighted by Crippen LogP contribution is -2.35. The van der Waals surface area contributed by atoms with Crippen LogP contribution >= 0.6 is 0 Å². The molecule has 9 heteroatoms. The zero-order valence-corrected chi connectivity index (χ0v) is 11.5. The molecule has 1 rings (SSSR count). The van der Waals surface area contributed by atoms with E-state index in [4.69, 9.17) is 15.4 Å². The van der Waals surface area contributed by atoms with Crippen LogP contribution in [0.2, 0.25) is 0 Å². The van der Waals surface area contributed by atoms with Crippen molar-refractivity contribution in [3.63, 3.8) is 0 Å². The van der Waals surface area contributed by atoms with Gasteiger partial charge in [0.25, 0.3) is 5.91 Å². The first-order valence-electron chi connectivity index (χ1n) is 6.25. The fraction of sp³-hybridized carbons (Fsp3) is 0.545. The minimum Gasteiger partial charge on any atom is -0.395 e. The van der Waals surface area contributed by atoms with E-state index in [-0.39, 0.29) is 11.5 Å². The summed E-state index contributed by atoms with van der Waals surface area (Å²) >= 11 is 0. The standard InChI is InChI=1S/C11H18N6O3/c1-3-5-19-15-9(10(12)18)11(16-20-6-4-2)17-8-13-7-14-17/h7-8H,3-6H2,1-2H3,(H2,12,18)/b15-9-,16-11+. The SMILES string of the molecule is CCCO/N=C(C(N)=O)\C(=N/OCCC)n1cncn1. The summed E-state index contributed by atoms with van der Waals surface area (Å²) in [6.45, 7) is 4.59. The molecule has 0 spiro atoms. The van der Waals surface area contributed by atoms with E-state index >= 15 is 0 Å². The summed E-state index contributed by atoms with van der Waals surface area (Å²) in [7, 11) is 0. The number of oxime groups is 2. The summed E-state index contributed by atoms with van der Waals surface area (Å²) in [5.41, 5.74) is 5.10. The molecule has 0 aliphatic rings. The van der Waals surface area contributed by atoms with E-state index in [1.54, 1.807) is 0 Å². The van der Waals surface area contributed by atoms with Gasteiger partial charge in [-0.1, -0.05) is 24.2 Å². The second-order valence-corrected chi connectivity index (χ2v) is 3.73. The Morgan fingerprint density at radius 2 is 1.90 bits per heavy atom. The Bertz CT molecular complexity index is 469. The lowest BCUT2D eigenvalue weighted by molar-refractivity contribution is -0.112. The number of amides is 1. The van der Waals surface area contributed by atoms with Crippen LogP contribution in [0.4, 0.5) is 0 Å². The van der Waals surface area contributed by atoms with Gasteiger partial charge < -0.3 is 15.4 Å². The van der Waals surface area contributed by atoms with Gasteiger partial charge in [0, 0.05) is 0 Å². The molecular formula is C11H18N6O3. The number of rotatable bonds is 8. The van der Waals surface area contributed by atoms with Gasteiger partial charge in [0.15, 0.2) is 0 Å². The van der Waals surface area contributed by atoms with Crippen molar-refractivity contribution in [3.05, 3.63) is 12.7 Å². The van der Waals surface area contributed by atoms with E-state index < -0.39 is 5.91 Å². The Hall–Kier alpha value is -2.45. The smallest absolute Gasteiger partial charge is 0.274 e. The van der Waals surface area contributed by atoms with E-state index in [2.05, 4.69) is 20.4 Å². The maximum absolute atomic E-state index is 11.5. The molecule has 0 fully saturated rings. The highest BCUT2D eigenvalue weighted by Gasteiger charge is 2.20. The topological polar surface area (TPSA) is 117 Å². The first-order chi connectivity index (χ1) is 9.70. The molecule has 1 aromatic rings. The third-order valence-corrected chi connectivity index (χ3v) is 1.98. The summed E-state index contributed by atoms with van der Waals surface area (Å²) in [5, 5.41) is 11.4. The summed E-state index contributed by atoms with van der Waals surface area (Å²) < 4.78 is 1.23. The van der Waals surface area contributed by atoms with Gasteiger partial charge in [-0.25, -0.2) is 4.98 Å². The number of nitrogens with zero attached hydrogens (tertiary/aromatic N) is 5. The molecule has 0 saturated heterocycles. The molecule has 20 heavy (non-hydrogen) atoms. The summed E-state index contributed by atoms with van der Waals surface area (Å²) in [6.07, 6.45) is 4.16. The van der Waals surface area contributed by atoms with Crippen molar-refractivity contribution in [1.29, 1.82) is 0 Å². The highest BCUT2D eigenvalue weighted by molar-refractivity contribution is 6.66. The van der Waals surface area contributed by atoms with Crippen LogP contribution in [0.1, 0.15) is 26.7 Å². The molecule has 0 bridgehead atoms. The first kappa shape index (κ1) is 15.6. The van der Waals surface area contributed by atoms with Gasteiger partial charge in [0.1, 0.15) is 25.9 Å². The number of primary amides is 1. The van der Waals surface area contributed by atoms with Gasteiger partial charge in [-0.15, -0.1) is 0 Å². The van der Waals surface area contributed by atoms with Gasteiger partial charge >= 0.3 is 0 Å². The van der Waals surface area contributed by atoms with Gasteiger partial charge in [0.05, 0.1) is 0 Å². The third kappa shape index (κ3) is 4.67. The average molecular weight is 282 g/mol. The number of hydrogen-bond donors (Lipinski definition) is 1. The Kier molecular flexibility index (Phi) is 6.72. The van der Waals surface area contributed by atoms with E-state index in [1.165, 1.54) is 17.3 Å². The van der Waals surface area contributed by atoms with Gasteiger partial charge in [-0.05, 0) is 12.8 Å². The fourth-order valence-electron chi connectivity index (χ4n) is 1.11. The van der Waals surface area contributed by atoms with Crippen LogP contribution in [0, 0.1) is 0 Å². The number of carbonyl (C=O) groups is 1. The van der Waals surface area contributed by atoms with E-state index in [1.807, 2.05) is 13.8 Å². The molecule has 0 radical (unpaired) electrons. The van der Waals surface area contributed by atoms with Gasteiger partial charge in [-0.3, -0.25) is 4.79 Å². The molecule has 0 aliphatic carbocycles. The zero-order chi connectivity index (χ0) is 14.8. The molecule has 0 unspecified atom stereocenters. The summed E-state index contributed by atoms with van der Waals surface area (Å²) in [6, 6.07) is 0. The number of hydrogen-bond acceptors (Lipinski definition) is 7. The zero-order valence-electron chi connectivity index (χ0n) is 11.5. The van der Waals surface area contributed by atoms with Crippen LogP contribution in [0.15, 0.2) is 23.0 Å². The van der Waals surface area contributed by atoms with Crippen molar-refractivity contribution in [3.8, 4) is 0 Å². The van der Waals surface area contributed by atoms with Crippen LogP contribution in [0.25, 0.3) is 0 Å². The molecule has 9 nitrogen and oxygen atoms in total. The van der Waals surface area contributed by atoms with Crippen molar-refractivity contribution >= 4 is 17.5 Å².